The first-order chi connectivity index (χ1) is 11.2. The first kappa shape index (κ1) is 19.5. The summed E-state index contributed by atoms with van der Waals surface area (Å²) >= 11 is 0. The van der Waals surface area contributed by atoms with E-state index >= 15 is 0 Å². The second kappa shape index (κ2) is 11.9. The molecule has 4 heteroatoms. The molecule has 1 aromatic rings. The van der Waals surface area contributed by atoms with Crippen LogP contribution in [0.2, 0.25) is 0 Å². The van der Waals surface area contributed by atoms with Crippen molar-refractivity contribution in [3.05, 3.63) is 35.4 Å². The van der Waals surface area contributed by atoms with Crippen LogP contribution in [-0.2, 0) is 6.54 Å². The zero-order valence-electron chi connectivity index (χ0n) is 15.4. The van der Waals surface area contributed by atoms with Gasteiger partial charge in [0.25, 0.3) is 0 Å². The van der Waals surface area contributed by atoms with Crippen LogP contribution in [0.3, 0.4) is 0 Å². The highest BCUT2D eigenvalue weighted by Crippen LogP contribution is 2.05. The highest BCUT2D eigenvalue weighted by molar-refractivity contribution is 5.79. The smallest absolute Gasteiger partial charge is 0.191 e. The van der Waals surface area contributed by atoms with Crippen molar-refractivity contribution in [2.45, 2.75) is 47.1 Å². The number of hydrogen-bond acceptors (Lipinski definition) is 2. The molecule has 0 aliphatic heterocycles. The molecule has 0 heterocycles. The molecule has 0 unspecified atom stereocenters. The lowest BCUT2D eigenvalue weighted by Crippen LogP contribution is -2.38. The molecule has 0 saturated heterocycles. The molecule has 0 aromatic heterocycles. The number of aryl methyl sites for hydroxylation is 1. The lowest BCUT2D eigenvalue weighted by Gasteiger charge is -2.18. The van der Waals surface area contributed by atoms with Crippen LogP contribution in [0.15, 0.2) is 29.3 Å². The quantitative estimate of drug-likeness (QED) is 0.395. The molecule has 23 heavy (non-hydrogen) atoms. The predicted octanol–water partition coefficient (Wildman–Crippen LogP) is 3.17. The Kier molecular flexibility index (Phi) is 10.1. The molecule has 0 amide bonds. The van der Waals surface area contributed by atoms with Crippen LogP contribution in [0.1, 0.15) is 44.7 Å². The third-order valence-corrected chi connectivity index (χ3v) is 3.93. The summed E-state index contributed by atoms with van der Waals surface area (Å²) in [5.74, 6) is 0.914. The fourth-order valence-corrected chi connectivity index (χ4v) is 2.53. The highest BCUT2D eigenvalue weighted by Gasteiger charge is 2.00. The van der Waals surface area contributed by atoms with Crippen molar-refractivity contribution in [3.63, 3.8) is 0 Å². The van der Waals surface area contributed by atoms with Gasteiger partial charge in [-0.1, -0.05) is 43.7 Å². The molecule has 1 rings (SSSR count). The van der Waals surface area contributed by atoms with Gasteiger partial charge in [-0.05, 0) is 51.9 Å². The number of rotatable bonds is 10. The maximum absolute atomic E-state index is 4.67. The van der Waals surface area contributed by atoms with Crippen LogP contribution in [0.4, 0.5) is 0 Å². The van der Waals surface area contributed by atoms with E-state index in [0.717, 1.165) is 38.7 Å². The standard InChI is InChI=1S/C19H34N4/c1-5-20-19(21-13-8-9-14-23(6-2)7-3)22-16-18-12-10-11-17(4)15-18/h10-12,15H,5-9,13-14,16H2,1-4H3,(H2,20,21,22). The summed E-state index contributed by atoms with van der Waals surface area (Å²) in [5, 5.41) is 6.75. The number of unbranched alkanes of at least 4 members (excludes halogenated alkanes) is 1. The number of benzene rings is 1. The number of nitrogens with one attached hydrogen (secondary N) is 2. The SMILES string of the molecule is CCNC(=NCc1cccc(C)c1)NCCCCN(CC)CC. The van der Waals surface area contributed by atoms with E-state index in [2.05, 4.69) is 72.5 Å². The molecule has 0 aliphatic carbocycles. The summed E-state index contributed by atoms with van der Waals surface area (Å²) in [6.45, 7) is 14.7. The Bertz CT molecular complexity index is 452. The van der Waals surface area contributed by atoms with Crippen LogP contribution in [0, 0.1) is 6.92 Å². The summed E-state index contributed by atoms with van der Waals surface area (Å²) in [7, 11) is 0. The second-order valence-corrected chi connectivity index (χ2v) is 5.84. The van der Waals surface area contributed by atoms with Gasteiger partial charge in [0.2, 0.25) is 0 Å². The normalized spacial score (nSPS) is 11.8. The number of nitrogens with zero attached hydrogens (tertiary/aromatic N) is 2. The molecule has 0 saturated carbocycles. The van der Waals surface area contributed by atoms with Gasteiger partial charge in [-0.3, -0.25) is 0 Å². The van der Waals surface area contributed by atoms with Gasteiger partial charge in [-0.25, -0.2) is 4.99 Å². The summed E-state index contributed by atoms with van der Waals surface area (Å²) in [4.78, 5) is 7.14. The summed E-state index contributed by atoms with van der Waals surface area (Å²) < 4.78 is 0. The zero-order valence-corrected chi connectivity index (χ0v) is 15.4. The number of guanidine groups is 1. The zero-order chi connectivity index (χ0) is 16.9. The van der Waals surface area contributed by atoms with E-state index in [1.54, 1.807) is 0 Å². The number of aliphatic imine (C=N–C) groups is 1. The van der Waals surface area contributed by atoms with E-state index in [-0.39, 0.29) is 0 Å². The molecule has 0 radical (unpaired) electrons. The monoisotopic (exact) mass is 318 g/mol. The van der Waals surface area contributed by atoms with Crippen LogP contribution >= 0.6 is 0 Å². The van der Waals surface area contributed by atoms with Crippen molar-refractivity contribution >= 4 is 5.96 Å². The Balaban J connectivity index is 2.35. The molecular formula is C19H34N4. The Morgan fingerprint density at radius 1 is 1.09 bits per heavy atom. The van der Waals surface area contributed by atoms with Gasteiger partial charge >= 0.3 is 0 Å². The second-order valence-electron chi connectivity index (χ2n) is 5.84. The summed E-state index contributed by atoms with van der Waals surface area (Å²) in [5.41, 5.74) is 2.54. The maximum atomic E-state index is 4.67. The van der Waals surface area contributed by atoms with Crippen LogP contribution in [-0.4, -0.2) is 43.6 Å². The van der Waals surface area contributed by atoms with Gasteiger partial charge in [-0.2, -0.15) is 0 Å². The lowest BCUT2D eigenvalue weighted by atomic mass is 10.1. The maximum Gasteiger partial charge on any atom is 0.191 e. The highest BCUT2D eigenvalue weighted by atomic mass is 15.2. The molecule has 0 fully saturated rings. The third-order valence-electron chi connectivity index (χ3n) is 3.93. The van der Waals surface area contributed by atoms with Gasteiger partial charge in [0.15, 0.2) is 5.96 Å². The molecule has 0 bridgehead atoms. The molecule has 4 nitrogen and oxygen atoms in total. The third kappa shape index (κ3) is 8.60. The van der Waals surface area contributed by atoms with Gasteiger partial charge in [0, 0.05) is 13.1 Å². The lowest BCUT2D eigenvalue weighted by molar-refractivity contribution is 0.297. The van der Waals surface area contributed by atoms with Gasteiger partial charge < -0.3 is 15.5 Å². The summed E-state index contributed by atoms with van der Waals surface area (Å²) in [6, 6.07) is 8.53. The van der Waals surface area contributed by atoms with Crippen molar-refractivity contribution < 1.29 is 0 Å². The van der Waals surface area contributed by atoms with E-state index < -0.39 is 0 Å². The first-order valence-electron chi connectivity index (χ1n) is 8.99. The van der Waals surface area contributed by atoms with Crippen molar-refractivity contribution in [1.29, 1.82) is 0 Å². The van der Waals surface area contributed by atoms with E-state index in [0.29, 0.717) is 0 Å². The van der Waals surface area contributed by atoms with Gasteiger partial charge in [0.05, 0.1) is 6.54 Å². The molecular weight excluding hydrogens is 284 g/mol. The van der Waals surface area contributed by atoms with Crippen molar-refractivity contribution in [2.75, 3.05) is 32.7 Å². The van der Waals surface area contributed by atoms with E-state index in [1.165, 1.54) is 30.5 Å². The van der Waals surface area contributed by atoms with E-state index in [9.17, 15) is 0 Å². The van der Waals surface area contributed by atoms with Crippen LogP contribution in [0.5, 0.6) is 0 Å². The Morgan fingerprint density at radius 2 is 1.87 bits per heavy atom. The van der Waals surface area contributed by atoms with Gasteiger partial charge in [0.1, 0.15) is 0 Å². The van der Waals surface area contributed by atoms with E-state index in [4.69, 9.17) is 0 Å². The minimum Gasteiger partial charge on any atom is -0.357 e. The summed E-state index contributed by atoms with van der Waals surface area (Å²) in [6.07, 6.45) is 2.40. The van der Waals surface area contributed by atoms with E-state index in [1.807, 2.05) is 0 Å². The Labute approximate surface area is 142 Å². The molecule has 1 aromatic carbocycles. The number of hydrogen-bond donors (Lipinski definition) is 2. The molecule has 0 aliphatic rings. The molecule has 2 N–H and O–H groups in total. The molecule has 130 valence electrons. The first-order valence-corrected chi connectivity index (χ1v) is 8.99. The average Bonchev–Trinajstić information content (AvgIpc) is 2.56. The van der Waals surface area contributed by atoms with Crippen molar-refractivity contribution in [2.24, 2.45) is 4.99 Å². The van der Waals surface area contributed by atoms with Crippen LogP contribution in [0.25, 0.3) is 0 Å². The Morgan fingerprint density at radius 3 is 2.52 bits per heavy atom. The van der Waals surface area contributed by atoms with Gasteiger partial charge in [-0.15, -0.1) is 0 Å². The minimum atomic E-state index is 0.719. The fourth-order valence-electron chi connectivity index (χ4n) is 2.53. The Hall–Kier alpha value is -1.55. The van der Waals surface area contributed by atoms with Crippen LogP contribution < -0.4 is 10.6 Å². The fraction of sp³-hybridized carbons (Fsp3) is 0.632. The largest absolute Gasteiger partial charge is 0.357 e. The molecule has 0 atom stereocenters. The topological polar surface area (TPSA) is 39.7 Å². The minimum absolute atomic E-state index is 0.719. The van der Waals surface area contributed by atoms with Crippen molar-refractivity contribution in [1.82, 2.24) is 15.5 Å². The predicted molar refractivity (Wildman–Crippen MR) is 101 cm³/mol. The van der Waals surface area contributed by atoms with Crippen molar-refractivity contribution in [3.8, 4) is 0 Å². The molecule has 0 spiro atoms. The average molecular weight is 319 g/mol.